The highest BCUT2D eigenvalue weighted by atomic mass is 16.5. The zero-order valence-corrected chi connectivity index (χ0v) is 14.4. The van der Waals surface area contributed by atoms with Crippen LogP contribution in [0.5, 0.6) is 5.75 Å². The van der Waals surface area contributed by atoms with Crippen molar-refractivity contribution in [3.05, 3.63) is 24.0 Å². The first-order valence-electron chi connectivity index (χ1n) is 8.27. The quantitative estimate of drug-likeness (QED) is 0.669. The summed E-state index contributed by atoms with van der Waals surface area (Å²) < 4.78 is 6.11. The van der Waals surface area contributed by atoms with Gasteiger partial charge < -0.3 is 10.1 Å². The number of rotatable bonds is 9. The second kappa shape index (κ2) is 9.04. The molecule has 0 radical (unpaired) electrons. The van der Waals surface area contributed by atoms with Gasteiger partial charge in [0.2, 0.25) is 0 Å². The molecular weight excluding hydrogens is 260 g/mol. The molecule has 1 aromatic heterocycles. The average molecular weight is 292 g/mol. The van der Waals surface area contributed by atoms with E-state index in [1.165, 1.54) is 25.7 Å². The molecule has 0 saturated carbocycles. The van der Waals surface area contributed by atoms with E-state index in [0.717, 1.165) is 24.3 Å². The molecule has 0 saturated heterocycles. The van der Waals surface area contributed by atoms with Crippen LogP contribution in [0.1, 0.15) is 72.3 Å². The molecule has 0 fully saturated rings. The van der Waals surface area contributed by atoms with E-state index in [9.17, 15) is 0 Å². The number of nitrogens with one attached hydrogen (secondary N) is 1. The minimum absolute atomic E-state index is 0.0961. The van der Waals surface area contributed by atoms with Crippen molar-refractivity contribution in [1.82, 2.24) is 10.3 Å². The Bertz CT molecular complexity index is 398. The third-order valence-electron chi connectivity index (χ3n) is 3.46. The largest absolute Gasteiger partial charge is 0.490 e. The van der Waals surface area contributed by atoms with Gasteiger partial charge in [-0.2, -0.15) is 0 Å². The van der Waals surface area contributed by atoms with Gasteiger partial charge in [0.15, 0.2) is 0 Å². The van der Waals surface area contributed by atoms with Gasteiger partial charge in [-0.25, -0.2) is 0 Å². The second-order valence-corrected chi connectivity index (χ2v) is 6.86. The fraction of sp³-hybridized carbons (Fsp3) is 0.722. The van der Waals surface area contributed by atoms with Gasteiger partial charge in [-0.05, 0) is 46.6 Å². The molecule has 1 aromatic rings. The molecule has 21 heavy (non-hydrogen) atoms. The number of pyridine rings is 1. The van der Waals surface area contributed by atoms with E-state index in [-0.39, 0.29) is 11.6 Å². The number of hydrogen-bond acceptors (Lipinski definition) is 3. The molecule has 0 aromatic carbocycles. The molecule has 3 heteroatoms. The molecule has 3 nitrogen and oxygen atoms in total. The van der Waals surface area contributed by atoms with Crippen molar-refractivity contribution in [1.29, 1.82) is 0 Å². The maximum absolute atomic E-state index is 6.11. The molecule has 0 aliphatic heterocycles. The van der Waals surface area contributed by atoms with Crippen molar-refractivity contribution in [3.8, 4) is 5.75 Å². The van der Waals surface area contributed by atoms with Crippen molar-refractivity contribution in [2.45, 2.75) is 84.9 Å². The molecule has 120 valence electrons. The molecule has 1 atom stereocenters. The lowest BCUT2D eigenvalue weighted by molar-refractivity contribution is 0.203. The van der Waals surface area contributed by atoms with E-state index in [4.69, 9.17) is 4.74 Å². The summed E-state index contributed by atoms with van der Waals surface area (Å²) in [6, 6.07) is 1.97. The van der Waals surface area contributed by atoms with E-state index >= 15 is 0 Å². The molecule has 1 rings (SSSR count). The fourth-order valence-corrected chi connectivity index (χ4v) is 2.16. The summed E-state index contributed by atoms with van der Waals surface area (Å²) in [5, 5.41) is 3.49. The van der Waals surface area contributed by atoms with E-state index in [0.29, 0.717) is 0 Å². The lowest BCUT2D eigenvalue weighted by atomic mass is 10.1. The van der Waals surface area contributed by atoms with Crippen molar-refractivity contribution in [3.63, 3.8) is 0 Å². The van der Waals surface area contributed by atoms with Crippen LogP contribution in [-0.4, -0.2) is 16.6 Å². The topological polar surface area (TPSA) is 34.1 Å². The maximum Gasteiger partial charge on any atom is 0.127 e. The molecular formula is C18H32N2O. The zero-order valence-electron chi connectivity index (χ0n) is 14.4. The summed E-state index contributed by atoms with van der Waals surface area (Å²) in [4.78, 5) is 4.22. The van der Waals surface area contributed by atoms with Gasteiger partial charge in [-0.3, -0.25) is 4.98 Å². The van der Waals surface area contributed by atoms with Gasteiger partial charge in [0.25, 0.3) is 0 Å². The van der Waals surface area contributed by atoms with Crippen molar-refractivity contribution >= 4 is 0 Å². The number of unbranched alkanes of at least 4 members (excludes halogenated alkanes) is 3. The van der Waals surface area contributed by atoms with Crippen molar-refractivity contribution < 1.29 is 4.74 Å². The van der Waals surface area contributed by atoms with Crippen LogP contribution in [-0.2, 0) is 6.54 Å². The monoisotopic (exact) mass is 292 g/mol. The van der Waals surface area contributed by atoms with Crippen LogP contribution in [0.4, 0.5) is 0 Å². The summed E-state index contributed by atoms with van der Waals surface area (Å²) in [6.45, 7) is 11.7. The van der Waals surface area contributed by atoms with Crippen molar-refractivity contribution in [2.24, 2.45) is 0 Å². The minimum atomic E-state index is 0.0961. The van der Waals surface area contributed by atoms with Crippen LogP contribution >= 0.6 is 0 Å². The van der Waals surface area contributed by atoms with Gasteiger partial charge in [0.05, 0.1) is 6.10 Å². The first-order chi connectivity index (χ1) is 9.92. The molecule has 0 amide bonds. The minimum Gasteiger partial charge on any atom is -0.490 e. The molecule has 0 aliphatic carbocycles. The van der Waals surface area contributed by atoms with Crippen LogP contribution < -0.4 is 10.1 Å². The lowest BCUT2D eigenvalue weighted by Gasteiger charge is -2.22. The normalized spacial score (nSPS) is 13.2. The third-order valence-corrected chi connectivity index (χ3v) is 3.46. The second-order valence-electron chi connectivity index (χ2n) is 6.86. The Hall–Kier alpha value is -1.09. The molecule has 1 heterocycles. The van der Waals surface area contributed by atoms with Crippen LogP contribution in [0.3, 0.4) is 0 Å². The highest BCUT2D eigenvalue weighted by Crippen LogP contribution is 2.20. The Morgan fingerprint density at radius 3 is 2.67 bits per heavy atom. The van der Waals surface area contributed by atoms with E-state index in [1.807, 2.05) is 12.3 Å². The summed E-state index contributed by atoms with van der Waals surface area (Å²) in [5.74, 6) is 0.963. The summed E-state index contributed by atoms with van der Waals surface area (Å²) in [5.41, 5.74) is 1.23. The highest BCUT2D eigenvalue weighted by Gasteiger charge is 2.12. The van der Waals surface area contributed by atoms with Crippen LogP contribution in [0.15, 0.2) is 18.5 Å². The molecule has 0 spiro atoms. The third kappa shape index (κ3) is 8.05. The van der Waals surface area contributed by atoms with Gasteiger partial charge in [-0.1, -0.05) is 26.2 Å². The van der Waals surface area contributed by atoms with Gasteiger partial charge >= 0.3 is 0 Å². The van der Waals surface area contributed by atoms with Gasteiger partial charge in [-0.15, -0.1) is 0 Å². The van der Waals surface area contributed by atoms with Gasteiger partial charge in [0.1, 0.15) is 5.75 Å². The summed E-state index contributed by atoms with van der Waals surface area (Å²) in [7, 11) is 0. The Balaban J connectivity index is 2.50. The first-order valence-corrected chi connectivity index (χ1v) is 8.27. The smallest absolute Gasteiger partial charge is 0.127 e. The Labute approximate surface area is 130 Å². The summed E-state index contributed by atoms with van der Waals surface area (Å²) >= 11 is 0. The van der Waals surface area contributed by atoms with Crippen molar-refractivity contribution in [2.75, 3.05) is 0 Å². The van der Waals surface area contributed by atoms with Crippen LogP contribution in [0.2, 0.25) is 0 Å². The molecule has 1 unspecified atom stereocenters. The predicted molar refractivity (Wildman–Crippen MR) is 89.7 cm³/mol. The van der Waals surface area contributed by atoms with Crippen LogP contribution in [0.25, 0.3) is 0 Å². The molecule has 0 aliphatic rings. The van der Waals surface area contributed by atoms with E-state index in [1.54, 1.807) is 6.20 Å². The fourth-order valence-electron chi connectivity index (χ4n) is 2.16. The Morgan fingerprint density at radius 1 is 1.24 bits per heavy atom. The predicted octanol–water partition coefficient (Wildman–Crippen LogP) is 4.71. The molecule has 1 N–H and O–H groups in total. The standard InChI is InChI=1S/C18H32N2O/c1-6-7-8-9-10-15(2)21-17-11-12-19-13-16(17)14-20-18(3,4)5/h11-13,15,20H,6-10,14H2,1-5H3. The number of nitrogens with zero attached hydrogens (tertiary/aromatic N) is 1. The summed E-state index contributed by atoms with van der Waals surface area (Å²) in [6.07, 6.45) is 10.2. The number of hydrogen-bond donors (Lipinski definition) is 1. The highest BCUT2D eigenvalue weighted by molar-refractivity contribution is 5.30. The van der Waals surface area contributed by atoms with Crippen LogP contribution in [0, 0.1) is 0 Å². The number of aromatic nitrogens is 1. The zero-order chi connectivity index (χ0) is 15.7. The maximum atomic E-state index is 6.11. The average Bonchev–Trinajstić information content (AvgIpc) is 2.42. The van der Waals surface area contributed by atoms with E-state index in [2.05, 4.69) is 44.9 Å². The van der Waals surface area contributed by atoms with E-state index < -0.39 is 0 Å². The number of ether oxygens (including phenoxy) is 1. The SMILES string of the molecule is CCCCCCC(C)Oc1ccncc1CNC(C)(C)C. The lowest BCUT2D eigenvalue weighted by Crippen LogP contribution is -2.35. The first kappa shape index (κ1) is 18.0. The van der Waals surface area contributed by atoms with Gasteiger partial charge in [0, 0.05) is 30.0 Å². The molecule has 0 bridgehead atoms. The Kier molecular flexibility index (Phi) is 7.73. The Morgan fingerprint density at radius 2 is 2.00 bits per heavy atom.